The highest BCUT2D eigenvalue weighted by atomic mass is 32.1. The Labute approximate surface area is 176 Å². The predicted octanol–water partition coefficient (Wildman–Crippen LogP) is 3.65. The molecule has 1 aliphatic rings. The van der Waals surface area contributed by atoms with E-state index in [1.807, 2.05) is 0 Å². The Bertz CT molecular complexity index is 1240. The van der Waals surface area contributed by atoms with Crippen LogP contribution in [0.4, 0.5) is 4.39 Å². The van der Waals surface area contributed by atoms with Crippen molar-refractivity contribution in [3.63, 3.8) is 0 Å². The van der Waals surface area contributed by atoms with Gasteiger partial charge in [0.05, 0.1) is 16.8 Å². The van der Waals surface area contributed by atoms with Gasteiger partial charge < -0.3 is 4.98 Å². The van der Waals surface area contributed by atoms with E-state index in [1.165, 1.54) is 23.3 Å². The number of nitrogens with zero attached hydrogens (tertiary/aromatic N) is 4. The standard InChI is InChI=1S/C22H18FN5OS/c23-16-3-1-14(2-4-16)20-6-5-17(30-20)11-28-8-7-19-18(12-28)22(29)27-21(26-19)15-9-24-13-25-10-15/h1-6,9-10,13H,7-8,11-12H2,(H,26,27,29). The van der Waals surface area contributed by atoms with Gasteiger partial charge in [0.15, 0.2) is 0 Å². The van der Waals surface area contributed by atoms with Crippen LogP contribution in [-0.2, 0) is 19.5 Å². The molecule has 0 unspecified atom stereocenters. The van der Waals surface area contributed by atoms with Gasteiger partial charge in [-0.3, -0.25) is 9.69 Å². The van der Waals surface area contributed by atoms with E-state index < -0.39 is 0 Å². The lowest BCUT2D eigenvalue weighted by Crippen LogP contribution is -2.35. The van der Waals surface area contributed by atoms with Gasteiger partial charge in [0.2, 0.25) is 0 Å². The van der Waals surface area contributed by atoms with Crippen molar-refractivity contribution in [2.24, 2.45) is 0 Å². The molecule has 5 rings (SSSR count). The number of nitrogens with one attached hydrogen (secondary N) is 1. The van der Waals surface area contributed by atoms with Crippen LogP contribution in [0.25, 0.3) is 21.8 Å². The molecule has 150 valence electrons. The van der Waals surface area contributed by atoms with Crippen molar-refractivity contribution in [3.05, 3.63) is 87.4 Å². The molecule has 0 fully saturated rings. The molecule has 3 aromatic heterocycles. The van der Waals surface area contributed by atoms with Crippen LogP contribution in [0.15, 0.2) is 59.9 Å². The molecule has 4 heterocycles. The van der Waals surface area contributed by atoms with E-state index in [4.69, 9.17) is 0 Å². The van der Waals surface area contributed by atoms with Crippen LogP contribution in [0.3, 0.4) is 0 Å². The Morgan fingerprint density at radius 1 is 1.07 bits per heavy atom. The number of fused-ring (bicyclic) bond motifs is 1. The first-order chi connectivity index (χ1) is 14.7. The fourth-order valence-electron chi connectivity index (χ4n) is 3.63. The van der Waals surface area contributed by atoms with E-state index in [0.717, 1.165) is 41.2 Å². The molecule has 0 saturated carbocycles. The van der Waals surface area contributed by atoms with Gasteiger partial charge in [0, 0.05) is 48.2 Å². The van der Waals surface area contributed by atoms with Gasteiger partial charge in [-0.05, 0) is 29.8 Å². The van der Waals surface area contributed by atoms with Gasteiger partial charge in [-0.1, -0.05) is 12.1 Å². The molecule has 0 atom stereocenters. The van der Waals surface area contributed by atoms with Crippen molar-refractivity contribution < 1.29 is 4.39 Å². The monoisotopic (exact) mass is 419 g/mol. The van der Waals surface area contributed by atoms with E-state index in [2.05, 4.69) is 37.0 Å². The number of hydrogen-bond donors (Lipinski definition) is 1. The zero-order valence-corrected chi connectivity index (χ0v) is 16.8. The van der Waals surface area contributed by atoms with Gasteiger partial charge in [-0.15, -0.1) is 11.3 Å². The van der Waals surface area contributed by atoms with Crippen molar-refractivity contribution in [1.82, 2.24) is 24.8 Å². The van der Waals surface area contributed by atoms with Crippen molar-refractivity contribution >= 4 is 11.3 Å². The lowest BCUT2D eigenvalue weighted by atomic mass is 10.1. The second kappa shape index (κ2) is 7.89. The summed E-state index contributed by atoms with van der Waals surface area (Å²) in [6, 6.07) is 10.7. The molecular weight excluding hydrogens is 401 g/mol. The number of benzene rings is 1. The second-order valence-corrected chi connectivity index (χ2v) is 8.37. The summed E-state index contributed by atoms with van der Waals surface area (Å²) in [6.45, 7) is 2.16. The van der Waals surface area contributed by atoms with Gasteiger partial charge in [0.25, 0.3) is 5.56 Å². The van der Waals surface area contributed by atoms with Crippen molar-refractivity contribution in [2.45, 2.75) is 19.5 Å². The summed E-state index contributed by atoms with van der Waals surface area (Å²) >= 11 is 1.69. The molecule has 0 spiro atoms. The van der Waals surface area contributed by atoms with Crippen LogP contribution in [0.5, 0.6) is 0 Å². The van der Waals surface area contributed by atoms with Crippen LogP contribution < -0.4 is 5.56 Å². The topological polar surface area (TPSA) is 74.8 Å². The molecule has 8 heteroatoms. The quantitative estimate of drug-likeness (QED) is 0.547. The summed E-state index contributed by atoms with van der Waals surface area (Å²) < 4.78 is 13.1. The third kappa shape index (κ3) is 3.79. The normalized spacial score (nSPS) is 13.9. The molecule has 6 nitrogen and oxygen atoms in total. The largest absolute Gasteiger partial charge is 0.306 e. The Morgan fingerprint density at radius 2 is 1.87 bits per heavy atom. The maximum atomic E-state index is 13.1. The van der Waals surface area contributed by atoms with Crippen LogP contribution in [0.2, 0.25) is 0 Å². The number of aromatic nitrogens is 4. The van der Waals surface area contributed by atoms with Crippen molar-refractivity contribution in [1.29, 1.82) is 0 Å². The molecule has 0 amide bonds. The number of H-pyrrole nitrogens is 1. The van der Waals surface area contributed by atoms with E-state index in [0.29, 0.717) is 17.9 Å². The fourth-order valence-corrected chi connectivity index (χ4v) is 4.68. The van der Waals surface area contributed by atoms with E-state index in [9.17, 15) is 9.18 Å². The second-order valence-electron chi connectivity index (χ2n) is 7.20. The molecule has 1 aromatic carbocycles. The number of hydrogen-bond acceptors (Lipinski definition) is 6. The maximum Gasteiger partial charge on any atom is 0.255 e. The Hall–Kier alpha value is -3.23. The SMILES string of the molecule is O=c1[nH]c(-c2cncnc2)nc2c1CN(Cc1ccc(-c3ccc(F)cc3)s1)CC2. The summed E-state index contributed by atoms with van der Waals surface area (Å²) in [5.41, 5.74) is 3.16. The summed E-state index contributed by atoms with van der Waals surface area (Å²) in [5.74, 6) is 0.277. The van der Waals surface area contributed by atoms with Crippen molar-refractivity contribution in [2.75, 3.05) is 6.54 Å². The highest BCUT2D eigenvalue weighted by molar-refractivity contribution is 7.15. The Balaban J connectivity index is 1.33. The van der Waals surface area contributed by atoms with Crippen LogP contribution >= 0.6 is 11.3 Å². The van der Waals surface area contributed by atoms with Crippen molar-refractivity contribution in [3.8, 4) is 21.8 Å². The minimum Gasteiger partial charge on any atom is -0.306 e. The summed E-state index contributed by atoms with van der Waals surface area (Å²) in [6.07, 6.45) is 5.45. The van der Waals surface area contributed by atoms with Gasteiger partial charge >= 0.3 is 0 Å². The average molecular weight is 419 g/mol. The third-order valence-electron chi connectivity index (χ3n) is 5.15. The first-order valence-corrected chi connectivity index (χ1v) is 10.4. The zero-order chi connectivity index (χ0) is 20.5. The van der Waals surface area contributed by atoms with E-state index in [1.54, 1.807) is 35.9 Å². The summed E-state index contributed by atoms with van der Waals surface area (Å²) in [4.78, 5) is 32.7. The first-order valence-electron chi connectivity index (χ1n) is 9.60. The highest BCUT2D eigenvalue weighted by Crippen LogP contribution is 2.30. The molecule has 0 aliphatic carbocycles. The average Bonchev–Trinajstić information content (AvgIpc) is 3.23. The van der Waals surface area contributed by atoms with E-state index >= 15 is 0 Å². The maximum absolute atomic E-state index is 13.1. The number of thiophene rings is 1. The van der Waals surface area contributed by atoms with E-state index in [-0.39, 0.29) is 11.4 Å². The number of aromatic amines is 1. The Kier molecular flexibility index (Phi) is 4.94. The van der Waals surface area contributed by atoms with Crippen LogP contribution in [0.1, 0.15) is 16.1 Å². The number of rotatable bonds is 4. The molecule has 0 radical (unpaired) electrons. The molecule has 0 bridgehead atoms. The smallest absolute Gasteiger partial charge is 0.255 e. The minimum absolute atomic E-state index is 0.110. The predicted molar refractivity (Wildman–Crippen MR) is 113 cm³/mol. The van der Waals surface area contributed by atoms with Crippen LogP contribution in [0, 0.1) is 5.82 Å². The molecular formula is C22H18FN5OS. The Morgan fingerprint density at radius 3 is 2.67 bits per heavy atom. The molecule has 0 saturated heterocycles. The molecule has 1 N–H and O–H groups in total. The van der Waals surface area contributed by atoms with Crippen LogP contribution in [-0.4, -0.2) is 31.4 Å². The molecule has 4 aromatic rings. The lowest BCUT2D eigenvalue weighted by molar-refractivity contribution is 0.244. The molecule has 1 aliphatic heterocycles. The summed E-state index contributed by atoms with van der Waals surface area (Å²) in [7, 11) is 0. The molecule has 30 heavy (non-hydrogen) atoms. The third-order valence-corrected chi connectivity index (χ3v) is 6.27. The first kappa shape index (κ1) is 18.8. The highest BCUT2D eigenvalue weighted by Gasteiger charge is 2.22. The minimum atomic E-state index is -0.232. The fraction of sp³-hybridized carbons (Fsp3) is 0.182. The zero-order valence-electron chi connectivity index (χ0n) is 16.0. The van der Waals surface area contributed by atoms with Gasteiger partial charge in [0.1, 0.15) is 18.0 Å². The van der Waals surface area contributed by atoms with Gasteiger partial charge in [-0.25, -0.2) is 19.3 Å². The number of halogens is 1. The van der Waals surface area contributed by atoms with Gasteiger partial charge in [-0.2, -0.15) is 0 Å². The summed E-state index contributed by atoms with van der Waals surface area (Å²) in [5, 5.41) is 0. The lowest BCUT2D eigenvalue weighted by Gasteiger charge is -2.27.